The van der Waals surface area contributed by atoms with E-state index in [1.165, 1.54) is 48.9 Å². The third-order valence-corrected chi connectivity index (χ3v) is 5.34. The van der Waals surface area contributed by atoms with Crippen molar-refractivity contribution in [1.29, 1.82) is 5.26 Å². The van der Waals surface area contributed by atoms with Gasteiger partial charge in [0.15, 0.2) is 5.57 Å². The van der Waals surface area contributed by atoms with E-state index in [1.54, 1.807) is 30.3 Å². The number of esters is 1. The Morgan fingerprint density at radius 1 is 1.15 bits per heavy atom. The Balaban J connectivity index is 2.20. The predicted molar refractivity (Wildman–Crippen MR) is 97.8 cm³/mol. The first-order chi connectivity index (χ1) is 12.4. The van der Waals surface area contributed by atoms with E-state index in [1.807, 2.05) is 6.07 Å². The molecule has 2 rings (SSSR count). The lowest BCUT2D eigenvalue weighted by molar-refractivity contribution is -0.135. The van der Waals surface area contributed by atoms with Crippen LogP contribution in [0.15, 0.2) is 71.3 Å². The first-order valence-corrected chi connectivity index (χ1v) is 8.93. The molecule has 134 valence electrons. The van der Waals surface area contributed by atoms with Gasteiger partial charge in [-0.3, -0.25) is 4.31 Å². The smallest absolute Gasteiger partial charge is 0.350 e. The zero-order valence-corrected chi connectivity index (χ0v) is 15.0. The summed E-state index contributed by atoms with van der Waals surface area (Å²) >= 11 is 0. The van der Waals surface area contributed by atoms with Crippen molar-refractivity contribution in [2.75, 3.05) is 23.8 Å². The number of ether oxygens (including phenoxy) is 1. The number of anilines is 2. The van der Waals surface area contributed by atoms with Crippen molar-refractivity contribution in [3.05, 3.63) is 66.4 Å². The van der Waals surface area contributed by atoms with Crippen molar-refractivity contribution < 1.29 is 17.9 Å². The Hall–Kier alpha value is -3.31. The fourth-order valence-electron chi connectivity index (χ4n) is 2.06. The summed E-state index contributed by atoms with van der Waals surface area (Å²) in [5, 5.41) is 11.6. The number of hydrogen-bond donors (Lipinski definition) is 1. The van der Waals surface area contributed by atoms with Gasteiger partial charge in [-0.15, -0.1) is 0 Å². The van der Waals surface area contributed by atoms with Crippen molar-refractivity contribution in [2.24, 2.45) is 0 Å². The van der Waals surface area contributed by atoms with Crippen LogP contribution >= 0.6 is 0 Å². The highest BCUT2D eigenvalue weighted by Gasteiger charge is 2.20. The standard InChI is InChI=1S/C18H17N3O4S/c1-21(16-6-4-3-5-7-16)26(23,24)17-10-8-15(9-11-17)20-13-14(12-19)18(22)25-2/h3-11,13,20H,1-2H3/b14-13-. The van der Waals surface area contributed by atoms with E-state index in [-0.39, 0.29) is 10.5 Å². The largest absolute Gasteiger partial charge is 0.465 e. The quantitative estimate of drug-likeness (QED) is 0.476. The number of carbonyl (C=O) groups excluding carboxylic acids is 1. The highest BCUT2D eigenvalue weighted by molar-refractivity contribution is 7.92. The van der Waals surface area contributed by atoms with Gasteiger partial charge in [-0.1, -0.05) is 18.2 Å². The zero-order chi connectivity index (χ0) is 19.2. The van der Waals surface area contributed by atoms with Gasteiger partial charge in [0.05, 0.1) is 17.7 Å². The lowest BCUT2D eigenvalue weighted by Gasteiger charge is -2.19. The number of nitrogens with one attached hydrogen (secondary N) is 1. The molecule has 0 aliphatic rings. The molecule has 0 aliphatic heterocycles. The number of rotatable bonds is 6. The highest BCUT2D eigenvalue weighted by atomic mass is 32.2. The average molecular weight is 371 g/mol. The van der Waals surface area contributed by atoms with Gasteiger partial charge in [0, 0.05) is 18.9 Å². The fourth-order valence-corrected chi connectivity index (χ4v) is 3.26. The summed E-state index contributed by atoms with van der Waals surface area (Å²) in [6, 6.07) is 16.4. The molecule has 0 saturated heterocycles. The van der Waals surface area contributed by atoms with Crippen LogP contribution in [0.3, 0.4) is 0 Å². The van der Waals surface area contributed by atoms with Crippen LogP contribution in [0.1, 0.15) is 0 Å². The summed E-state index contributed by atoms with van der Waals surface area (Å²) in [7, 11) is -1.04. The molecule has 0 spiro atoms. The number of nitriles is 1. The minimum atomic E-state index is -3.70. The van der Waals surface area contributed by atoms with E-state index in [4.69, 9.17) is 5.26 Å². The van der Waals surface area contributed by atoms with Crippen LogP contribution in [-0.4, -0.2) is 28.5 Å². The van der Waals surface area contributed by atoms with Gasteiger partial charge < -0.3 is 10.1 Å². The minimum Gasteiger partial charge on any atom is -0.465 e. The summed E-state index contributed by atoms with van der Waals surface area (Å²) in [5.41, 5.74) is 0.866. The minimum absolute atomic E-state index is 0.117. The van der Waals surface area contributed by atoms with Gasteiger partial charge >= 0.3 is 5.97 Å². The molecule has 8 heteroatoms. The maximum absolute atomic E-state index is 12.7. The number of carbonyl (C=O) groups is 1. The fraction of sp³-hybridized carbons (Fsp3) is 0.111. The number of nitrogens with zero attached hydrogens (tertiary/aromatic N) is 2. The molecule has 0 unspecified atom stereocenters. The number of benzene rings is 2. The molecule has 0 bridgehead atoms. The van der Waals surface area contributed by atoms with Crippen LogP contribution in [0.4, 0.5) is 11.4 Å². The second-order valence-electron chi connectivity index (χ2n) is 5.14. The molecule has 2 aromatic carbocycles. The Bertz CT molecular complexity index is 946. The first kappa shape index (κ1) is 19.0. The maximum atomic E-state index is 12.7. The van der Waals surface area contributed by atoms with E-state index < -0.39 is 16.0 Å². The Morgan fingerprint density at radius 2 is 1.77 bits per heavy atom. The van der Waals surface area contributed by atoms with Gasteiger partial charge in [0.1, 0.15) is 6.07 Å². The molecule has 0 heterocycles. The first-order valence-electron chi connectivity index (χ1n) is 7.49. The Kier molecular flexibility index (Phi) is 5.98. The van der Waals surface area contributed by atoms with Crippen molar-refractivity contribution in [3.63, 3.8) is 0 Å². The topological polar surface area (TPSA) is 99.5 Å². The van der Waals surface area contributed by atoms with Crippen molar-refractivity contribution in [1.82, 2.24) is 0 Å². The predicted octanol–water partition coefficient (Wildman–Crippen LogP) is 2.50. The second kappa shape index (κ2) is 8.18. The number of methoxy groups -OCH3 is 1. The SMILES string of the molecule is COC(=O)/C(C#N)=C\Nc1ccc(S(=O)(=O)N(C)c2ccccc2)cc1. The summed E-state index contributed by atoms with van der Waals surface area (Å²) < 4.78 is 31.0. The summed E-state index contributed by atoms with van der Waals surface area (Å²) in [6.45, 7) is 0. The molecule has 0 radical (unpaired) electrons. The van der Waals surface area contributed by atoms with Gasteiger partial charge in [-0.05, 0) is 36.4 Å². The molecule has 26 heavy (non-hydrogen) atoms. The molecule has 2 aromatic rings. The molecule has 0 amide bonds. The summed E-state index contributed by atoms with van der Waals surface area (Å²) in [4.78, 5) is 11.4. The van der Waals surface area contributed by atoms with Gasteiger partial charge in [-0.25, -0.2) is 13.2 Å². The second-order valence-corrected chi connectivity index (χ2v) is 7.11. The van der Waals surface area contributed by atoms with Gasteiger partial charge in [-0.2, -0.15) is 5.26 Å². The molecule has 7 nitrogen and oxygen atoms in total. The van der Waals surface area contributed by atoms with Gasteiger partial charge in [0.2, 0.25) is 0 Å². The van der Waals surface area contributed by atoms with Crippen molar-refractivity contribution in [3.8, 4) is 6.07 Å². The molecule has 0 aliphatic carbocycles. The van der Waals surface area contributed by atoms with Crippen LogP contribution < -0.4 is 9.62 Å². The third-order valence-electron chi connectivity index (χ3n) is 3.54. The monoisotopic (exact) mass is 371 g/mol. The molecule has 1 N–H and O–H groups in total. The summed E-state index contributed by atoms with van der Waals surface area (Å²) in [6.07, 6.45) is 1.20. The molecular weight excluding hydrogens is 354 g/mol. The van der Waals surface area contributed by atoms with Crippen LogP contribution in [0.2, 0.25) is 0 Å². The lowest BCUT2D eigenvalue weighted by Crippen LogP contribution is -2.26. The third kappa shape index (κ3) is 4.20. The molecule has 0 atom stereocenters. The zero-order valence-electron chi connectivity index (χ0n) is 14.2. The van der Waals surface area contributed by atoms with Crippen LogP contribution in [0.25, 0.3) is 0 Å². The Labute approximate surface area is 152 Å². The number of sulfonamides is 1. The van der Waals surface area contributed by atoms with Crippen LogP contribution in [0, 0.1) is 11.3 Å². The Morgan fingerprint density at radius 3 is 2.31 bits per heavy atom. The maximum Gasteiger partial charge on any atom is 0.350 e. The van der Waals surface area contributed by atoms with E-state index >= 15 is 0 Å². The summed E-state index contributed by atoms with van der Waals surface area (Å²) in [5.74, 6) is -0.760. The van der Waals surface area contributed by atoms with E-state index in [9.17, 15) is 13.2 Å². The highest BCUT2D eigenvalue weighted by Crippen LogP contribution is 2.22. The number of para-hydroxylation sites is 1. The van der Waals surface area contributed by atoms with E-state index in [0.29, 0.717) is 11.4 Å². The normalized spacial score (nSPS) is 11.3. The van der Waals surface area contributed by atoms with Crippen molar-refractivity contribution >= 4 is 27.4 Å². The van der Waals surface area contributed by atoms with E-state index in [0.717, 1.165) is 0 Å². The van der Waals surface area contributed by atoms with Gasteiger partial charge in [0.25, 0.3) is 10.0 Å². The van der Waals surface area contributed by atoms with Crippen LogP contribution in [-0.2, 0) is 19.6 Å². The molecule has 0 aromatic heterocycles. The van der Waals surface area contributed by atoms with Crippen LogP contribution in [0.5, 0.6) is 0 Å². The molecule has 0 saturated carbocycles. The number of hydrogen-bond acceptors (Lipinski definition) is 6. The van der Waals surface area contributed by atoms with E-state index in [2.05, 4.69) is 10.1 Å². The lowest BCUT2D eigenvalue weighted by atomic mass is 10.3. The van der Waals surface area contributed by atoms with Crippen molar-refractivity contribution in [2.45, 2.75) is 4.90 Å². The molecular formula is C18H17N3O4S. The average Bonchev–Trinajstić information content (AvgIpc) is 2.68. The molecule has 0 fully saturated rings.